The van der Waals surface area contributed by atoms with Crippen LogP contribution in [0.1, 0.15) is 31.3 Å². The van der Waals surface area contributed by atoms with Gasteiger partial charge in [-0.25, -0.2) is 0 Å². The molecular weight excluding hydrogens is 260 g/mol. The molecule has 6 heteroatoms. The average molecular weight is 282 g/mol. The first-order chi connectivity index (χ1) is 9.51. The molecular formula is C14H22N2O4. The highest BCUT2D eigenvalue weighted by molar-refractivity contribution is 5.95. The van der Waals surface area contributed by atoms with E-state index in [1.807, 2.05) is 20.8 Å². The summed E-state index contributed by atoms with van der Waals surface area (Å²) in [5, 5.41) is 11.7. The molecule has 1 atom stereocenters. The van der Waals surface area contributed by atoms with Gasteiger partial charge in [0.2, 0.25) is 5.91 Å². The van der Waals surface area contributed by atoms with Crippen LogP contribution in [-0.2, 0) is 4.79 Å². The molecule has 1 rings (SSSR count). The summed E-state index contributed by atoms with van der Waals surface area (Å²) in [6, 6.07) is 2.52. The highest BCUT2D eigenvalue weighted by Crippen LogP contribution is 2.09. The van der Waals surface area contributed by atoms with E-state index < -0.39 is 11.9 Å². The molecule has 6 nitrogen and oxygen atoms in total. The van der Waals surface area contributed by atoms with Crippen LogP contribution in [0.25, 0.3) is 0 Å². The third-order valence-electron chi connectivity index (χ3n) is 3.03. The van der Waals surface area contributed by atoms with Gasteiger partial charge in [-0.3, -0.25) is 9.59 Å². The van der Waals surface area contributed by atoms with Gasteiger partial charge in [-0.2, -0.15) is 0 Å². The Morgan fingerprint density at radius 1 is 1.45 bits per heavy atom. The van der Waals surface area contributed by atoms with E-state index >= 15 is 0 Å². The quantitative estimate of drug-likeness (QED) is 0.777. The van der Waals surface area contributed by atoms with Crippen LogP contribution < -0.4 is 5.32 Å². The summed E-state index contributed by atoms with van der Waals surface area (Å²) in [5.74, 6) is -0.499. The van der Waals surface area contributed by atoms with Crippen molar-refractivity contribution in [1.82, 2.24) is 10.2 Å². The number of amides is 2. The molecule has 0 spiro atoms. The van der Waals surface area contributed by atoms with E-state index in [0.29, 0.717) is 6.54 Å². The number of nitrogens with zero attached hydrogens (tertiary/aromatic N) is 1. The molecule has 0 saturated heterocycles. The van der Waals surface area contributed by atoms with Crippen molar-refractivity contribution in [3.63, 3.8) is 0 Å². The Hall–Kier alpha value is -1.82. The second-order valence-corrected chi connectivity index (χ2v) is 4.81. The van der Waals surface area contributed by atoms with Crippen LogP contribution >= 0.6 is 0 Å². The van der Waals surface area contributed by atoms with E-state index in [1.54, 1.807) is 12.1 Å². The number of hydrogen-bond donors (Lipinski definition) is 2. The third kappa shape index (κ3) is 4.09. The van der Waals surface area contributed by atoms with Gasteiger partial charge >= 0.3 is 0 Å². The molecule has 0 radical (unpaired) electrons. The molecule has 1 unspecified atom stereocenters. The van der Waals surface area contributed by atoms with Gasteiger partial charge in [0.15, 0.2) is 5.76 Å². The minimum atomic E-state index is -0.640. The summed E-state index contributed by atoms with van der Waals surface area (Å²) >= 11 is 0. The zero-order chi connectivity index (χ0) is 15.1. The van der Waals surface area contributed by atoms with Crippen molar-refractivity contribution < 1.29 is 19.1 Å². The van der Waals surface area contributed by atoms with Crippen LogP contribution in [0.3, 0.4) is 0 Å². The fourth-order valence-electron chi connectivity index (χ4n) is 1.88. The van der Waals surface area contributed by atoms with Gasteiger partial charge in [0, 0.05) is 13.1 Å². The highest BCUT2D eigenvalue weighted by atomic mass is 16.3. The molecule has 0 saturated carbocycles. The molecule has 0 bridgehead atoms. The minimum absolute atomic E-state index is 0.0610. The Balaban J connectivity index is 2.78. The van der Waals surface area contributed by atoms with Gasteiger partial charge < -0.3 is 19.7 Å². The Kier molecular flexibility index (Phi) is 6.24. The largest absolute Gasteiger partial charge is 0.459 e. The zero-order valence-corrected chi connectivity index (χ0v) is 12.1. The molecule has 112 valence electrons. The van der Waals surface area contributed by atoms with E-state index in [9.17, 15) is 9.59 Å². The van der Waals surface area contributed by atoms with Crippen molar-refractivity contribution in [2.24, 2.45) is 5.92 Å². The standard InChI is InChI=1S/C14H22N2O4/c1-4-16(7-8-17)14(19)12(10(2)3)15-13(18)11-6-5-9-20-11/h5-6,9-10,12,17H,4,7-8H2,1-3H3,(H,15,18). The summed E-state index contributed by atoms with van der Waals surface area (Å²) in [4.78, 5) is 25.9. The maximum atomic E-state index is 12.4. The molecule has 20 heavy (non-hydrogen) atoms. The highest BCUT2D eigenvalue weighted by Gasteiger charge is 2.28. The number of aliphatic hydroxyl groups is 1. The number of hydrogen-bond acceptors (Lipinski definition) is 4. The van der Waals surface area contributed by atoms with Crippen molar-refractivity contribution in [2.45, 2.75) is 26.8 Å². The Morgan fingerprint density at radius 2 is 2.15 bits per heavy atom. The maximum Gasteiger partial charge on any atom is 0.287 e. The molecule has 0 aromatic carbocycles. The number of aliphatic hydroxyl groups excluding tert-OH is 1. The van der Waals surface area contributed by atoms with Crippen molar-refractivity contribution >= 4 is 11.8 Å². The molecule has 2 amide bonds. The molecule has 1 aromatic rings. The van der Waals surface area contributed by atoms with E-state index in [2.05, 4.69) is 5.32 Å². The summed E-state index contributed by atoms with van der Waals surface area (Å²) in [6.07, 6.45) is 1.41. The van der Waals surface area contributed by atoms with Crippen LogP contribution in [0.5, 0.6) is 0 Å². The average Bonchev–Trinajstić information content (AvgIpc) is 2.94. The van der Waals surface area contributed by atoms with Gasteiger partial charge in [-0.15, -0.1) is 0 Å². The first-order valence-electron chi connectivity index (χ1n) is 6.75. The number of furan rings is 1. The molecule has 1 aromatic heterocycles. The number of rotatable bonds is 7. The first-order valence-corrected chi connectivity index (χ1v) is 6.75. The van der Waals surface area contributed by atoms with E-state index in [0.717, 1.165) is 0 Å². The lowest BCUT2D eigenvalue weighted by molar-refractivity contribution is -0.134. The van der Waals surface area contributed by atoms with Gasteiger partial charge in [-0.05, 0) is 25.0 Å². The summed E-state index contributed by atoms with van der Waals surface area (Å²) in [7, 11) is 0. The van der Waals surface area contributed by atoms with Crippen LogP contribution in [-0.4, -0.2) is 47.6 Å². The first kappa shape index (κ1) is 16.2. The van der Waals surface area contributed by atoms with Crippen LogP contribution in [0.2, 0.25) is 0 Å². The topological polar surface area (TPSA) is 82.8 Å². The van der Waals surface area contributed by atoms with Gasteiger partial charge in [0.1, 0.15) is 6.04 Å². The van der Waals surface area contributed by atoms with Crippen molar-refractivity contribution in [3.8, 4) is 0 Å². The van der Waals surface area contributed by atoms with E-state index in [4.69, 9.17) is 9.52 Å². The maximum absolute atomic E-state index is 12.4. The molecule has 0 aliphatic heterocycles. The van der Waals surface area contributed by atoms with Gasteiger partial charge in [0.05, 0.1) is 12.9 Å². The Bertz CT molecular complexity index is 428. The lowest BCUT2D eigenvalue weighted by Crippen LogP contribution is -2.51. The Morgan fingerprint density at radius 3 is 2.60 bits per heavy atom. The van der Waals surface area contributed by atoms with Gasteiger partial charge in [0.25, 0.3) is 5.91 Å². The van der Waals surface area contributed by atoms with E-state index in [-0.39, 0.29) is 30.7 Å². The number of nitrogens with one attached hydrogen (secondary N) is 1. The summed E-state index contributed by atoms with van der Waals surface area (Å²) in [6.45, 7) is 6.19. The van der Waals surface area contributed by atoms with Crippen molar-refractivity contribution in [2.75, 3.05) is 19.7 Å². The van der Waals surface area contributed by atoms with Crippen molar-refractivity contribution in [1.29, 1.82) is 0 Å². The predicted octanol–water partition coefficient (Wildman–Crippen LogP) is 0.875. The fourth-order valence-corrected chi connectivity index (χ4v) is 1.88. The fraction of sp³-hybridized carbons (Fsp3) is 0.571. The lowest BCUT2D eigenvalue weighted by Gasteiger charge is -2.28. The second-order valence-electron chi connectivity index (χ2n) is 4.81. The summed E-state index contributed by atoms with van der Waals surface area (Å²) in [5.41, 5.74) is 0. The normalized spacial score (nSPS) is 12.2. The molecule has 1 heterocycles. The van der Waals surface area contributed by atoms with E-state index in [1.165, 1.54) is 11.2 Å². The third-order valence-corrected chi connectivity index (χ3v) is 3.03. The number of carbonyl (C=O) groups is 2. The number of likely N-dealkylation sites (N-methyl/N-ethyl adjacent to an activating group) is 1. The SMILES string of the molecule is CCN(CCO)C(=O)C(NC(=O)c1ccco1)C(C)C. The predicted molar refractivity (Wildman–Crippen MR) is 74.1 cm³/mol. The Labute approximate surface area is 118 Å². The minimum Gasteiger partial charge on any atom is -0.459 e. The molecule has 0 aliphatic carbocycles. The summed E-state index contributed by atoms with van der Waals surface area (Å²) < 4.78 is 5.01. The molecule has 2 N–H and O–H groups in total. The van der Waals surface area contributed by atoms with Crippen LogP contribution in [0.4, 0.5) is 0 Å². The smallest absolute Gasteiger partial charge is 0.287 e. The zero-order valence-electron chi connectivity index (χ0n) is 12.1. The molecule has 0 fully saturated rings. The monoisotopic (exact) mass is 282 g/mol. The molecule has 0 aliphatic rings. The van der Waals surface area contributed by atoms with Crippen LogP contribution in [0, 0.1) is 5.92 Å². The van der Waals surface area contributed by atoms with Crippen LogP contribution in [0.15, 0.2) is 22.8 Å². The van der Waals surface area contributed by atoms with Gasteiger partial charge in [-0.1, -0.05) is 13.8 Å². The number of carbonyl (C=O) groups excluding carboxylic acids is 2. The van der Waals surface area contributed by atoms with Crippen molar-refractivity contribution in [3.05, 3.63) is 24.2 Å². The second kappa shape index (κ2) is 7.69. The lowest BCUT2D eigenvalue weighted by atomic mass is 10.0.